The number of carbonyl (C=O) groups is 1. The van der Waals surface area contributed by atoms with Crippen LogP contribution in [-0.2, 0) is 11.3 Å². The molecule has 1 aromatic carbocycles. The second kappa shape index (κ2) is 8.31. The molecule has 2 aromatic rings. The number of methoxy groups -OCH3 is 1. The van der Waals surface area contributed by atoms with Crippen LogP contribution < -0.4 is 15.0 Å². The number of halogens is 1. The number of anilines is 1. The Labute approximate surface area is 152 Å². The van der Waals surface area contributed by atoms with Gasteiger partial charge < -0.3 is 15.0 Å². The maximum absolute atomic E-state index is 13.8. The van der Waals surface area contributed by atoms with Crippen LogP contribution in [0.5, 0.6) is 5.75 Å². The fraction of sp³-hybridized carbons (Fsp3) is 0.474. The highest BCUT2D eigenvalue weighted by molar-refractivity contribution is 5.90. The number of nitrogens with zero attached hydrogens (tertiary/aromatic N) is 2. The van der Waals surface area contributed by atoms with Gasteiger partial charge in [-0.05, 0) is 31.0 Å². The van der Waals surface area contributed by atoms with E-state index in [4.69, 9.17) is 4.74 Å². The van der Waals surface area contributed by atoms with Gasteiger partial charge in [0.15, 0.2) is 18.1 Å². The van der Waals surface area contributed by atoms with Crippen LogP contribution in [-0.4, -0.2) is 36.4 Å². The Hall–Kier alpha value is -2.41. The van der Waals surface area contributed by atoms with Gasteiger partial charge in [-0.3, -0.25) is 4.79 Å². The Kier molecular flexibility index (Phi) is 5.88. The highest BCUT2D eigenvalue weighted by Gasteiger charge is 2.21. The van der Waals surface area contributed by atoms with Crippen LogP contribution in [0.4, 0.5) is 10.2 Å². The van der Waals surface area contributed by atoms with Crippen LogP contribution in [0, 0.1) is 5.82 Å². The van der Waals surface area contributed by atoms with E-state index < -0.39 is 0 Å². The van der Waals surface area contributed by atoms with Gasteiger partial charge in [0.25, 0.3) is 5.91 Å². The van der Waals surface area contributed by atoms with Crippen molar-refractivity contribution in [3.05, 3.63) is 41.8 Å². The molecule has 2 N–H and O–H groups in total. The Bertz CT molecular complexity index is 756. The molecule has 1 aliphatic rings. The van der Waals surface area contributed by atoms with Gasteiger partial charge in [0.1, 0.15) is 12.4 Å². The number of likely N-dealkylation sites (N-methyl/N-ethyl adjacent to an activating group) is 1. The third kappa shape index (κ3) is 4.40. The van der Waals surface area contributed by atoms with Crippen LogP contribution in [0.2, 0.25) is 0 Å². The molecule has 0 aliphatic heterocycles. The van der Waals surface area contributed by atoms with Crippen molar-refractivity contribution in [1.82, 2.24) is 9.78 Å². The van der Waals surface area contributed by atoms with Gasteiger partial charge in [-0.2, -0.15) is 5.10 Å². The Morgan fingerprint density at radius 1 is 1.38 bits per heavy atom. The van der Waals surface area contributed by atoms with Crippen molar-refractivity contribution in [3.63, 3.8) is 0 Å². The van der Waals surface area contributed by atoms with Crippen molar-refractivity contribution in [2.24, 2.45) is 0 Å². The zero-order chi connectivity index (χ0) is 18.5. The van der Waals surface area contributed by atoms with Crippen LogP contribution in [0.25, 0.3) is 0 Å². The second-order valence-corrected chi connectivity index (χ2v) is 6.93. The Morgan fingerprint density at radius 2 is 2.15 bits per heavy atom. The molecule has 0 radical (unpaired) electrons. The quantitative estimate of drug-likeness (QED) is 0.791. The number of nitrogens with one attached hydrogen (secondary N) is 2. The summed E-state index contributed by atoms with van der Waals surface area (Å²) in [5.41, 5.74) is 0.824. The summed E-state index contributed by atoms with van der Waals surface area (Å²) in [6.07, 6.45) is 6.37. The number of hydrogen-bond donors (Lipinski definition) is 2. The van der Waals surface area contributed by atoms with E-state index in [0.29, 0.717) is 19.1 Å². The monoisotopic (exact) mass is 361 g/mol. The van der Waals surface area contributed by atoms with E-state index in [-0.39, 0.29) is 17.5 Å². The minimum atomic E-state index is -0.386. The lowest BCUT2D eigenvalue weighted by Crippen LogP contribution is -3.08. The van der Waals surface area contributed by atoms with Gasteiger partial charge >= 0.3 is 0 Å². The first-order chi connectivity index (χ1) is 12.6. The topological polar surface area (TPSA) is 60.6 Å². The first kappa shape index (κ1) is 18.4. The maximum atomic E-state index is 13.8. The highest BCUT2D eigenvalue weighted by atomic mass is 19.1. The Morgan fingerprint density at radius 3 is 2.85 bits per heavy atom. The third-order valence-corrected chi connectivity index (χ3v) is 4.79. The molecule has 0 spiro atoms. The number of carbonyl (C=O) groups excluding carboxylic acids is 1. The first-order valence-corrected chi connectivity index (χ1v) is 9.04. The fourth-order valence-electron chi connectivity index (χ4n) is 3.55. The predicted molar refractivity (Wildman–Crippen MR) is 96.8 cm³/mol. The highest BCUT2D eigenvalue weighted by Crippen LogP contribution is 2.31. The number of amides is 1. The number of ether oxygens (including phenoxy) is 1. The molecular weight excluding hydrogens is 335 g/mol. The standard InChI is InChI=1S/C19H25FN4O2/c1-23(12-14-7-8-17(26-2)16(20)11-14)13-19(25)22-18-9-10-21-24(18)15-5-3-4-6-15/h7-11,15H,3-6,12-13H2,1-2H3,(H,22,25)/p+1. The molecular formula is C19H26FN4O2+. The Balaban J connectivity index is 1.55. The molecule has 1 atom stereocenters. The number of benzene rings is 1. The molecule has 1 aliphatic carbocycles. The summed E-state index contributed by atoms with van der Waals surface area (Å²) < 4.78 is 20.6. The number of quaternary nitrogens is 1. The van der Waals surface area contributed by atoms with Crippen molar-refractivity contribution in [2.75, 3.05) is 26.0 Å². The third-order valence-electron chi connectivity index (χ3n) is 4.79. The zero-order valence-corrected chi connectivity index (χ0v) is 15.3. The summed E-state index contributed by atoms with van der Waals surface area (Å²) in [6.45, 7) is 0.847. The fourth-order valence-corrected chi connectivity index (χ4v) is 3.55. The van der Waals surface area contributed by atoms with Crippen molar-refractivity contribution < 1.29 is 18.8 Å². The summed E-state index contributed by atoms with van der Waals surface area (Å²) in [4.78, 5) is 13.3. The number of aromatic nitrogens is 2. The molecule has 0 saturated heterocycles. The molecule has 1 amide bonds. The molecule has 1 heterocycles. The first-order valence-electron chi connectivity index (χ1n) is 9.04. The summed E-state index contributed by atoms with van der Waals surface area (Å²) in [6, 6.07) is 7.10. The molecule has 140 valence electrons. The minimum Gasteiger partial charge on any atom is -0.494 e. The molecule has 1 fully saturated rings. The van der Waals surface area contributed by atoms with Gasteiger partial charge in [0.2, 0.25) is 0 Å². The van der Waals surface area contributed by atoms with Crippen molar-refractivity contribution in [2.45, 2.75) is 38.3 Å². The molecule has 1 unspecified atom stereocenters. The average Bonchev–Trinajstić information content (AvgIpc) is 3.25. The largest absolute Gasteiger partial charge is 0.494 e. The van der Waals surface area contributed by atoms with Crippen molar-refractivity contribution in [3.8, 4) is 5.75 Å². The van der Waals surface area contributed by atoms with Crippen molar-refractivity contribution in [1.29, 1.82) is 0 Å². The minimum absolute atomic E-state index is 0.0729. The van der Waals surface area contributed by atoms with Gasteiger partial charge in [0.05, 0.1) is 26.4 Å². The lowest BCUT2D eigenvalue weighted by atomic mass is 10.2. The van der Waals surface area contributed by atoms with E-state index in [9.17, 15) is 9.18 Å². The molecule has 7 heteroatoms. The SMILES string of the molecule is COc1ccc(C[NH+](C)CC(=O)Nc2ccnn2C2CCCC2)cc1F. The van der Waals surface area contributed by atoms with E-state index in [0.717, 1.165) is 29.1 Å². The molecule has 6 nitrogen and oxygen atoms in total. The van der Waals surface area contributed by atoms with Crippen LogP contribution >= 0.6 is 0 Å². The van der Waals surface area contributed by atoms with E-state index in [1.807, 2.05) is 23.9 Å². The number of rotatable bonds is 7. The van der Waals surface area contributed by atoms with E-state index in [1.165, 1.54) is 26.0 Å². The van der Waals surface area contributed by atoms with E-state index >= 15 is 0 Å². The molecule has 26 heavy (non-hydrogen) atoms. The second-order valence-electron chi connectivity index (χ2n) is 6.93. The van der Waals surface area contributed by atoms with Crippen LogP contribution in [0.3, 0.4) is 0 Å². The summed E-state index contributed by atoms with van der Waals surface area (Å²) >= 11 is 0. The van der Waals surface area contributed by atoms with E-state index in [1.54, 1.807) is 12.3 Å². The average molecular weight is 361 g/mol. The van der Waals surface area contributed by atoms with Gasteiger partial charge in [-0.15, -0.1) is 0 Å². The maximum Gasteiger partial charge on any atom is 0.280 e. The summed E-state index contributed by atoms with van der Waals surface area (Å²) in [5.74, 6) is 0.522. The smallest absolute Gasteiger partial charge is 0.280 e. The van der Waals surface area contributed by atoms with Gasteiger partial charge in [-0.25, -0.2) is 9.07 Å². The molecule has 1 aromatic heterocycles. The normalized spacial score (nSPS) is 15.8. The zero-order valence-electron chi connectivity index (χ0n) is 15.3. The lowest BCUT2D eigenvalue weighted by molar-refractivity contribution is -0.885. The molecule has 3 rings (SSSR count). The van der Waals surface area contributed by atoms with Crippen LogP contribution in [0.15, 0.2) is 30.5 Å². The van der Waals surface area contributed by atoms with Crippen molar-refractivity contribution >= 4 is 11.7 Å². The summed E-state index contributed by atoms with van der Waals surface area (Å²) in [5, 5.41) is 7.33. The molecule has 1 saturated carbocycles. The van der Waals surface area contributed by atoms with Crippen LogP contribution in [0.1, 0.15) is 37.3 Å². The summed E-state index contributed by atoms with van der Waals surface area (Å²) in [7, 11) is 3.35. The van der Waals surface area contributed by atoms with E-state index in [2.05, 4.69) is 10.4 Å². The van der Waals surface area contributed by atoms with Gasteiger partial charge in [0, 0.05) is 11.6 Å². The lowest BCUT2D eigenvalue weighted by Gasteiger charge is -2.17. The predicted octanol–water partition coefficient (Wildman–Crippen LogP) is 1.80. The van der Waals surface area contributed by atoms with Gasteiger partial charge in [-0.1, -0.05) is 12.8 Å². The molecule has 0 bridgehead atoms. The number of hydrogen-bond acceptors (Lipinski definition) is 3.